The third-order valence-corrected chi connectivity index (χ3v) is 3.87. The van der Waals surface area contributed by atoms with Crippen molar-refractivity contribution in [2.75, 3.05) is 0 Å². The van der Waals surface area contributed by atoms with Crippen LogP contribution in [-0.2, 0) is 6.42 Å². The standard InChI is InChI=1S/C18H15BrN2O/c1-13-4-2-3-5-15(13)8-11-17-20-21-18(22-17)12-14-6-9-16(19)10-7-14/h2-11H,12H2,1H3. The first-order chi connectivity index (χ1) is 10.7. The second-order valence-electron chi connectivity index (χ2n) is 5.03. The highest BCUT2D eigenvalue weighted by atomic mass is 79.9. The van der Waals surface area contributed by atoms with Crippen LogP contribution in [0.25, 0.3) is 12.2 Å². The first-order valence-corrected chi connectivity index (χ1v) is 7.80. The Morgan fingerprint density at radius 3 is 2.55 bits per heavy atom. The number of nitrogens with zero attached hydrogens (tertiary/aromatic N) is 2. The summed E-state index contributed by atoms with van der Waals surface area (Å²) >= 11 is 3.42. The topological polar surface area (TPSA) is 38.9 Å². The molecule has 0 saturated heterocycles. The molecule has 1 heterocycles. The smallest absolute Gasteiger partial charge is 0.240 e. The molecule has 3 nitrogen and oxygen atoms in total. The van der Waals surface area contributed by atoms with E-state index >= 15 is 0 Å². The van der Waals surface area contributed by atoms with E-state index in [1.54, 1.807) is 0 Å². The number of hydrogen-bond acceptors (Lipinski definition) is 3. The fourth-order valence-corrected chi connectivity index (χ4v) is 2.38. The zero-order valence-electron chi connectivity index (χ0n) is 12.2. The fourth-order valence-electron chi connectivity index (χ4n) is 2.12. The second kappa shape index (κ2) is 6.71. The van der Waals surface area contributed by atoms with Crippen LogP contribution in [0.1, 0.15) is 28.5 Å². The number of aryl methyl sites for hydroxylation is 1. The van der Waals surface area contributed by atoms with Gasteiger partial charge in [0.05, 0.1) is 6.42 Å². The first-order valence-electron chi connectivity index (χ1n) is 7.01. The van der Waals surface area contributed by atoms with Gasteiger partial charge in [-0.25, -0.2) is 0 Å². The van der Waals surface area contributed by atoms with Crippen LogP contribution >= 0.6 is 15.9 Å². The van der Waals surface area contributed by atoms with E-state index in [9.17, 15) is 0 Å². The van der Waals surface area contributed by atoms with E-state index in [2.05, 4.69) is 45.2 Å². The van der Waals surface area contributed by atoms with Crippen molar-refractivity contribution in [3.8, 4) is 0 Å². The van der Waals surface area contributed by atoms with Crippen LogP contribution < -0.4 is 0 Å². The van der Waals surface area contributed by atoms with Crippen molar-refractivity contribution in [2.45, 2.75) is 13.3 Å². The van der Waals surface area contributed by atoms with E-state index in [-0.39, 0.29) is 0 Å². The van der Waals surface area contributed by atoms with E-state index in [4.69, 9.17) is 4.42 Å². The van der Waals surface area contributed by atoms with Gasteiger partial charge in [0.1, 0.15) is 0 Å². The molecule has 0 N–H and O–H groups in total. The average Bonchev–Trinajstić information content (AvgIpc) is 2.96. The van der Waals surface area contributed by atoms with Crippen LogP contribution in [0.5, 0.6) is 0 Å². The summed E-state index contributed by atoms with van der Waals surface area (Å²) in [6.45, 7) is 2.08. The van der Waals surface area contributed by atoms with Crippen LogP contribution in [0.3, 0.4) is 0 Å². The van der Waals surface area contributed by atoms with E-state index < -0.39 is 0 Å². The molecule has 0 amide bonds. The maximum Gasteiger partial charge on any atom is 0.240 e. The molecular formula is C18H15BrN2O. The number of hydrogen-bond donors (Lipinski definition) is 0. The van der Waals surface area contributed by atoms with Gasteiger partial charge in [-0.2, -0.15) is 0 Å². The molecule has 0 aliphatic rings. The number of benzene rings is 2. The Bertz CT molecular complexity index is 791. The fraction of sp³-hybridized carbons (Fsp3) is 0.111. The van der Waals surface area contributed by atoms with Crippen molar-refractivity contribution in [3.05, 3.63) is 81.5 Å². The van der Waals surface area contributed by atoms with E-state index in [0.717, 1.165) is 15.6 Å². The summed E-state index contributed by atoms with van der Waals surface area (Å²) in [4.78, 5) is 0. The molecular weight excluding hydrogens is 340 g/mol. The number of aromatic nitrogens is 2. The van der Waals surface area contributed by atoms with Gasteiger partial charge in [0, 0.05) is 10.5 Å². The average molecular weight is 355 g/mol. The van der Waals surface area contributed by atoms with Crippen molar-refractivity contribution in [2.24, 2.45) is 0 Å². The van der Waals surface area contributed by atoms with Crippen LogP contribution in [-0.4, -0.2) is 10.2 Å². The van der Waals surface area contributed by atoms with Crippen LogP contribution in [0.4, 0.5) is 0 Å². The van der Waals surface area contributed by atoms with Crippen molar-refractivity contribution in [3.63, 3.8) is 0 Å². The molecule has 4 heteroatoms. The van der Waals surface area contributed by atoms with E-state index in [1.165, 1.54) is 5.56 Å². The van der Waals surface area contributed by atoms with Crippen LogP contribution in [0, 0.1) is 6.92 Å². The molecule has 1 aromatic heterocycles. The Labute approximate surface area is 137 Å². The molecule has 0 saturated carbocycles. The zero-order chi connectivity index (χ0) is 15.4. The minimum absolute atomic E-state index is 0.523. The van der Waals surface area contributed by atoms with Gasteiger partial charge in [-0.3, -0.25) is 0 Å². The van der Waals surface area contributed by atoms with Gasteiger partial charge < -0.3 is 4.42 Å². The molecule has 3 rings (SSSR count). The molecule has 2 aromatic carbocycles. The van der Waals surface area contributed by atoms with Crippen LogP contribution in [0.2, 0.25) is 0 Å². The Kier molecular flexibility index (Phi) is 4.49. The number of halogens is 1. The van der Waals surface area contributed by atoms with Gasteiger partial charge in [-0.15, -0.1) is 10.2 Å². The summed E-state index contributed by atoms with van der Waals surface area (Å²) < 4.78 is 6.72. The van der Waals surface area contributed by atoms with Crippen molar-refractivity contribution >= 4 is 28.1 Å². The van der Waals surface area contributed by atoms with E-state index in [0.29, 0.717) is 18.2 Å². The van der Waals surface area contributed by atoms with Gasteiger partial charge in [-0.05, 0) is 41.8 Å². The lowest BCUT2D eigenvalue weighted by Gasteiger charge is -1.97. The SMILES string of the molecule is Cc1ccccc1C=Cc1nnc(Cc2ccc(Br)cc2)o1. The quantitative estimate of drug-likeness (QED) is 0.668. The molecule has 0 bridgehead atoms. The highest BCUT2D eigenvalue weighted by Crippen LogP contribution is 2.15. The highest BCUT2D eigenvalue weighted by Gasteiger charge is 2.05. The summed E-state index contributed by atoms with van der Waals surface area (Å²) in [6.07, 6.45) is 4.48. The highest BCUT2D eigenvalue weighted by molar-refractivity contribution is 9.10. The summed E-state index contributed by atoms with van der Waals surface area (Å²) in [5.74, 6) is 1.14. The summed E-state index contributed by atoms with van der Waals surface area (Å²) in [5, 5.41) is 8.15. The van der Waals surface area contributed by atoms with Crippen molar-refractivity contribution < 1.29 is 4.42 Å². The lowest BCUT2D eigenvalue weighted by molar-refractivity contribution is 0.496. The molecule has 22 heavy (non-hydrogen) atoms. The van der Waals surface area contributed by atoms with Gasteiger partial charge in [0.2, 0.25) is 11.8 Å². The van der Waals surface area contributed by atoms with Crippen molar-refractivity contribution in [1.82, 2.24) is 10.2 Å². The Balaban J connectivity index is 1.71. The van der Waals surface area contributed by atoms with Gasteiger partial charge in [0.25, 0.3) is 0 Å². The largest absolute Gasteiger partial charge is 0.421 e. The predicted molar refractivity (Wildman–Crippen MR) is 91.4 cm³/mol. The molecule has 0 aliphatic heterocycles. The summed E-state index contributed by atoms with van der Waals surface area (Å²) in [6, 6.07) is 16.3. The van der Waals surface area contributed by atoms with E-state index in [1.807, 2.05) is 48.6 Å². The molecule has 0 radical (unpaired) electrons. The Hall–Kier alpha value is -2.20. The van der Waals surface area contributed by atoms with Crippen molar-refractivity contribution in [1.29, 1.82) is 0 Å². The minimum atomic E-state index is 0.523. The molecule has 110 valence electrons. The van der Waals surface area contributed by atoms with Crippen LogP contribution in [0.15, 0.2) is 57.4 Å². The predicted octanol–water partition coefficient (Wildman–Crippen LogP) is 4.90. The minimum Gasteiger partial charge on any atom is -0.421 e. The summed E-state index contributed by atoms with van der Waals surface area (Å²) in [5.41, 5.74) is 3.50. The normalized spacial score (nSPS) is 11.2. The zero-order valence-corrected chi connectivity index (χ0v) is 13.7. The lowest BCUT2D eigenvalue weighted by Crippen LogP contribution is -1.87. The maximum absolute atomic E-state index is 5.66. The van der Waals surface area contributed by atoms with Gasteiger partial charge in [-0.1, -0.05) is 52.3 Å². The Morgan fingerprint density at radius 2 is 1.77 bits per heavy atom. The maximum atomic E-state index is 5.66. The molecule has 3 aromatic rings. The van der Waals surface area contributed by atoms with Gasteiger partial charge >= 0.3 is 0 Å². The van der Waals surface area contributed by atoms with Gasteiger partial charge in [0.15, 0.2) is 0 Å². The molecule has 0 fully saturated rings. The monoisotopic (exact) mass is 354 g/mol. The number of rotatable bonds is 4. The lowest BCUT2D eigenvalue weighted by atomic mass is 10.1. The second-order valence-corrected chi connectivity index (χ2v) is 5.94. The molecule has 0 aliphatic carbocycles. The third-order valence-electron chi connectivity index (χ3n) is 3.35. The summed E-state index contributed by atoms with van der Waals surface area (Å²) in [7, 11) is 0. The molecule has 0 atom stereocenters. The molecule has 0 unspecified atom stereocenters. The first kappa shape index (κ1) is 14.7. The third kappa shape index (κ3) is 3.71. The molecule has 0 spiro atoms. The Morgan fingerprint density at radius 1 is 1.00 bits per heavy atom.